The summed E-state index contributed by atoms with van der Waals surface area (Å²) in [6, 6.07) is 12.3. The fraction of sp³-hybridized carbons (Fsp3) is 0.250. The SMILES string of the molecule is COc1cccc(N=C2NC(=O)[C@@H](CC(=O)Nc3ccc(OC)c(OC)c3)S2)c1. The van der Waals surface area contributed by atoms with Gasteiger partial charge in [0.25, 0.3) is 0 Å². The minimum absolute atomic E-state index is 0.0158. The van der Waals surface area contributed by atoms with E-state index in [1.54, 1.807) is 37.4 Å². The van der Waals surface area contributed by atoms with Crippen molar-refractivity contribution in [1.29, 1.82) is 0 Å². The third kappa shape index (κ3) is 5.20. The standard InChI is InChI=1S/C20H21N3O5S/c1-26-14-6-4-5-12(9-14)22-20-23-19(25)17(29-20)11-18(24)21-13-7-8-15(27-2)16(10-13)28-3/h4-10,17H,11H2,1-3H3,(H,21,24)(H,22,23,25)/t17-/m1/s1. The number of anilines is 1. The molecule has 1 atom stereocenters. The molecule has 2 amide bonds. The van der Waals surface area contributed by atoms with Crippen LogP contribution < -0.4 is 24.8 Å². The van der Waals surface area contributed by atoms with E-state index < -0.39 is 5.25 Å². The lowest BCUT2D eigenvalue weighted by molar-refractivity contribution is -0.122. The molecule has 9 heteroatoms. The molecule has 8 nitrogen and oxygen atoms in total. The van der Waals surface area contributed by atoms with E-state index in [0.717, 1.165) is 0 Å². The minimum Gasteiger partial charge on any atom is -0.497 e. The second-order valence-corrected chi connectivity index (χ2v) is 7.23. The lowest BCUT2D eigenvalue weighted by atomic mass is 10.2. The van der Waals surface area contributed by atoms with E-state index in [2.05, 4.69) is 15.6 Å². The quantitative estimate of drug-likeness (QED) is 0.722. The fourth-order valence-electron chi connectivity index (χ4n) is 2.68. The van der Waals surface area contributed by atoms with E-state index in [9.17, 15) is 9.59 Å². The summed E-state index contributed by atoms with van der Waals surface area (Å²) in [7, 11) is 4.63. The summed E-state index contributed by atoms with van der Waals surface area (Å²) < 4.78 is 15.6. The van der Waals surface area contributed by atoms with Gasteiger partial charge in [-0.05, 0) is 24.3 Å². The van der Waals surface area contributed by atoms with Gasteiger partial charge >= 0.3 is 0 Å². The molecule has 0 aromatic heterocycles. The van der Waals surface area contributed by atoms with Crippen LogP contribution in [0.25, 0.3) is 0 Å². The maximum atomic E-state index is 12.4. The van der Waals surface area contributed by atoms with Crippen molar-refractivity contribution in [3.05, 3.63) is 42.5 Å². The number of hydrogen-bond donors (Lipinski definition) is 2. The number of benzene rings is 2. The highest BCUT2D eigenvalue weighted by Gasteiger charge is 2.32. The van der Waals surface area contributed by atoms with Crippen molar-refractivity contribution in [2.24, 2.45) is 4.99 Å². The molecular weight excluding hydrogens is 394 g/mol. The van der Waals surface area contributed by atoms with Crippen molar-refractivity contribution >= 4 is 40.1 Å². The molecule has 0 aliphatic carbocycles. The smallest absolute Gasteiger partial charge is 0.240 e. The van der Waals surface area contributed by atoms with Crippen LogP contribution in [-0.2, 0) is 9.59 Å². The molecule has 0 saturated carbocycles. The number of nitrogens with zero attached hydrogens (tertiary/aromatic N) is 1. The van der Waals surface area contributed by atoms with Gasteiger partial charge in [0, 0.05) is 24.2 Å². The summed E-state index contributed by atoms with van der Waals surface area (Å²) in [6.45, 7) is 0. The van der Waals surface area contributed by atoms with Gasteiger partial charge in [0.2, 0.25) is 11.8 Å². The van der Waals surface area contributed by atoms with Crippen LogP contribution in [0.15, 0.2) is 47.5 Å². The third-order valence-corrected chi connectivity index (χ3v) is 5.18. The van der Waals surface area contributed by atoms with Gasteiger partial charge in [0.15, 0.2) is 16.7 Å². The zero-order valence-corrected chi connectivity index (χ0v) is 17.0. The molecule has 1 saturated heterocycles. The summed E-state index contributed by atoms with van der Waals surface area (Å²) in [5.41, 5.74) is 1.21. The predicted molar refractivity (Wildman–Crippen MR) is 112 cm³/mol. The van der Waals surface area contributed by atoms with Gasteiger partial charge in [0.05, 0.1) is 27.0 Å². The zero-order valence-electron chi connectivity index (χ0n) is 16.2. The number of carbonyl (C=O) groups excluding carboxylic acids is 2. The highest BCUT2D eigenvalue weighted by atomic mass is 32.2. The predicted octanol–water partition coefficient (Wildman–Crippen LogP) is 2.96. The van der Waals surface area contributed by atoms with E-state index in [1.165, 1.54) is 26.0 Å². The fourth-order valence-corrected chi connectivity index (χ4v) is 3.67. The summed E-state index contributed by atoms with van der Waals surface area (Å²) in [4.78, 5) is 29.0. The number of amides is 2. The van der Waals surface area contributed by atoms with Crippen molar-refractivity contribution in [3.63, 3.8) is 0 Å². The third-order valence-electron chi connectivity index (χ3n) is 4.10. The lowest BCUT2D eigenvalue weighted by Gasteiger charge is -2.11. The van der Waals surface area contributed by atoms with Crippen molar-refractivity contribution in [3.8, 4) is 17.2 Å². The Morgan fingerprint density at radius 3 is 2.62 bits per heavy atom. The minimum atomic E-state index is -0.556. The van der Waals surface area contributed by atoms with Gasteiger partial charge in [0.1, 0.15) is 11.0 Å². The van der Waals surface area contributed by atoms with Crippen LogP contribution in [0.4, 0.5) is 11.4 Å². The first-order chi connectivity index (χ1) is 14.0. The average Bonchev–Trinajstić information content (AvgIpc) is 3.06. The Morgan fingerprint density at radius 1 is 1.10 bits per heavy atom. The number of amidine groups is 1. The molecule has 0 bridgehead atoms. The Bertz CT molecular complexity index is 947. The van der Waals surface area contributed by atoms with Crippen molar-refractivity contribution in [2.75, 3.05) is 26.6 Å². The van der Waals surface area contributed by atoms with Gasteiger partial charge in [-0.15, -0.1) is 0 Å². The molecular formula is C20H21N3O5S. The van der Waals surface area contributed by atoms with Crippen molar-refractivity contribution in [1.82, 2.24) is 5.32 Å². The maximum absolute atomic E-state index is 12.4. The van der Waals surface area contributed by atoms with Crippen molar-refractivity contribution in [2.45, 2.75) is 11.7 Å². The van der Waals surface area contributed by atoms with E-state index in [1.807, 2.05) is 12.1 Å². The van der Waals surface area contributed by atoms with E-state index in [0.29, 0.717) is 33.8 Å². The number of nitrogens with one attached hydrogen (secondary N) is 2. The number of carbonyl (C=O) groups is 2. The topological polar surface area (TPSA) is 98.2 Å². The first kappa shape index (κ1) is 20.5. The normalized spacial score (nSPS) is 17.0. The van der Waals surface area contributed by atoms with Crippen LogP contribution >= 0.6 is 11.8 Å². The van der Waals surface area contributed by atoms with Crippen LogP contribution in [0.5, 0.6) is 17.2 Å². The largest absolute Gasteiger partial charge is 0.497 e. The first-order valence-electron chi connectivity index (χ1n) is 8.74. The molecule has 2 aromatic carbocycles. The zero-order chi connectivity index (χ0) is 20.8. The summed E-state index contributed by atoms with van der Waals surface area (Å²) >= 11 is 1.22. The Kier molecular flexibility index (Phi) is 6.61. The lowest BCUT2D eigenvalue weighted by Crippen LogP contribution is -2.28. The summed E-state index contributed by atoms with van der Waals surface area (Å²) in [6.07, 6.45) is 0.0158. The molecule has 0 unspecified atom stereocenters. The molecule has 152 valence electrons. The van der Waals surface area contributed by atoms with Gasteiger partial charge in [-0.3, -0.25) is 9.59 Å². The molecule has 1 aliphatic rings. The Balaban J connectivity index is 1.62. The Hall–Kier alpha value is -3.20. The summed E-state index contributed by atoms with van der Waals surface area (Å²) in [5, 5.41) is 5.37. The van der Waals surface area contributed by atoms with E-state index in [4.69, 9.17) is 14.2 Å². The number of thioether (sulfide) groups is 1. The van der Waals surface area contributed by atoms with Crippen LogP contribution in [-0.4, -0.2) is 43.6 Å². The number of rotatable bonds is 7. The number of hydrogen-bond acceptors (Lipinski definition) is 7. The average molecular weight is 415 g/mol. The Morgan fingerprint density at radius 2 is 1.90 bits per heavy atom. The van der Waals surface area contributed by atoms with Gasteiger partial charge in [-0.25, -0.2) is 4.99 Å². The highest BCUT2D eigenvalue weighted by molar-refractivity contribution is 8.15. The molecule has 1 fully saturated rings. The van der Waals surface area contributed by atoms with Gasteiger partial charge in [-0.2, -0.15) is 0 Å². The van der Waals surface area contributed by atoms with E-state index in [-0.39, 0.29) is 18.2 Å². The maximum Gasteiger partial charge on any atom is 0.240 e. The molecule has 1 aliphatic heterocycles. The van der Waals surface area contributed by atoms with Crippen LogP contribution in [0.2, 0.25) is 0 Å². The van der Waals surface area contributed by atoms with Gasteiger partial charge < -0.3 is 24.8 Å². The molecule has 0 spiro atoms. The Labute approximate surface area is 172 Å². The highest BCUT2D eigenvalue weighted by Crippen LogP contribution is 2.30. The molecule has 1 heterocycles. The second-order valence-electron chi connectivity index (χ2n) is 6.04. The van der Waals surface area contributed by atoms with Crippen LogP contribution in [0.1, 0.15) is 6.42 Å². The monoisotopic (exact) mass is 415 g/mol. The second kappa shape index (κ2) is 9.33. The molecule has 29 heavy (non-hydrogen) atoms. The molecule has 2 N–H and O–H groups in total. The molecule has 3 rings (SSSR count). The molecule has 2 aromatic rings. The molecule has 0 radical (unpaired) electrons. The van der Waals surface area contributed by atoms with Crippen LogP contribution in [0, 0.1) is 0 Å². The summed E-state index contributed by atoms with van der Waals surface area (Å²) in [5.74, 6) is 1.21. The van der Waals surface area contributed by atoms with Crippen molar-refractivity contribution < 1.29 is 23.8 Å². The first-order valence-corrected chi connectivity index (χ1v) is 9.62. The van der Waals surface area contributed by atoms with Crippen LogP contribution in [0.3, 0.4) is 0 Å². The number of aliphatic imine (C=N–C) groups is 1. The van der Waals surface area contributed by atoms with Gasteiger partial charge in [-0.1, -0.05) is 17.8 Å². The number of methoxy groups -OCH3 is 3. The van der Waals surface area contributed by atoms with E-state index >= 15 is 0 Å². The number of ether oxygens (including phenoxy) is 3.